The molecule has 1 aromatic carbocycles. The van der Waals surface area contributed by atoms with E-state index in [4.69, 9.17) is 9.52 Å². The molecule has 20 heavy (non-hydrogen) atoms. The minimum absolute atomic E-state index is 0. The first-order valence-corrected chi connectivity index (χ1v) is 6.60. The predicted molar refractivity (Wildman–Crippen MR) is 63.8 cm³/mol. The van der Waals surface area contributed by atoms with Crippen LogP contribution in [-0.4, -0.2) is 24.0 Å². The third-order valence-electron chi connectivity index (χ3n) is 2.57. The van der Waals surface area contributed by atoms with Crippen LogP contribution in [0.25, 0.3) is 11.3 Å². The van der Waals surface area contributed by atoms with Crippen LogP contribution in [0.2, 0.25) is 0 Å². The summed E-state index contributed by atoms with van der Waals surface area (Å²) in [6.07, 6.45) is 0. The van der Waals surface area contributed by atoms with Gasteiger partial charge in [-0.25, -0.2) is 13.2 Å². The number of hydrogen-bond acceptors (Lipinski definition) is 5. The van der Waals surface area contributed by atoms with E-state index in [0.29, 0.717) is 16.9 Å². The second-order valence-corrected chi connectivity index (χ2v) is 5.28. The molecule has 0 aliphatic carbocycles. The SMILES string of the molecule is Cc1cc(S(=O)(=O)[O-])ccc1-c1ccc(C(=O)O)o1.[Na+]. The molecule has 8 heteroatoms. The fraction of sp³-hybridized carbons (Fsp3) is 0.0833. The number of carboxylic acid groups (broad SMARTS) is 1. The van der Waals surface area contributed by atoms with Crippen LogP contribution in [0.1, 0.15) is 16.1 Å². The van der Waals surface area contributed by atoms with Crippen LogP contribution >= 0.6 is 0 Å². The van der Waals surface area contributed by atoms with E-state index in [1.165, 1.54) is 24.3 Å². The molecule has 0 unspecified atom stereocenters. The van der Waals surface area contributed by atoms with Crippen molar-refractivity contribution in [2.45, 2.75) is 11.8 Å². The fourth-order valence-electron chi connectivity index (χ4n) is 1.67. The Hall–Kier alpha value is -1.12. The largest absolute Gasteiger partial charge is 1.00 e. The Kier molecular flexibility index (Phi) is 5.17. The number of furan rings is 1. The standard InChI is InChI=1S/C12H10O6S.Na/c1-7-6-8(19(15,16)17)2-3-9(7)10-4-5-11(18-10)12(13)14;/h2-6H,1H3,(H,13,14)(H,15,16,17);/q;+1/p-1. The Balaban J connectivity index is 0.00000200. The van der Waals surface area contributed by atoms with Crippen LogP contribution in [0, 0.1) is 6.92 Å². The molecule has 0 saturated heterocycles. The molecule has 0 amide bonds. The van der Waals surface area contributed by atoms with E-state index in [1.54, 1.807) is 6.92 Å². The van der Waals surface area contributed by atoms with Crippen LogP contribution in [0.3, 0.4) is 0 Å². The molecule has 2 rings (SSSR count). The van der Waals surface area contributed by atoms with Crippen LogP contribution in [0.4, 0.5) is 0 Å². The molecular weight excluding hydrogens is 295 g/mol. The van der Waals surface area contributed by atoms with Gasteiger partial charge in [0, 0.05) is 5.56 Å². The van der Waals surface area contributed by atoms with Crippen molar-refractivity contribution in [2.75, 3.05) is 0 Å². The van der Waals surface area contributed by atoms with Crippen molar-refractivity contribution < 1.29 is 56.8 Å². The molecule has 0 radical (unpaired) electrons. The van der Waals surface area contributed by atoms with E-state index in [-0.39, 0.29) is 40.2 Å². The van der Waals surface area contributed by atoms with Gasteiger partial charge in [-0.05, 0) is 42.8 Å². The number of carboxylic acids is 1. The Labute approximate surface area is 137 Å². The molecule has 1 aromatic heterocycles. The molecule has 0 saturated carbocycles. The second-order valence-electron chi connectivity index (χ2n) is 3.90. The van der Waals surface area contributed by atoms with Crippen molar-refractivity contribution in [1.82, 2.24) is 0 Å². The number of hydrogen-bond donors (Lipinski definition) is 1. The smallest absolute Gasteiger partial charge is 0.744 e. The summed E-state index contributed by atoms with van der Waals surface area (Å²) in [6, 6.07) is 6.56. The summed E-state index contributed by atoms with van der Waals surface area (Å²) in [7, 11) is -4.51. The maximum atomic E-state index is 10.9. The van der Waals surface area contributed by atoms with E-state index in [1.807, 2.05) is 0 Å². The van der Waals surface area contributed by atoms with Crippen molar-refractivity contribution >= 4 is 16.1 Å². The molecule has 0 spiro atoms. The van der Waals surface area contributed by atoms with E-state index in [9.17, 15) is 17.8 Å². The van der Waals surface area contributed by atoms with Crippen molar-refractivity contribution in [1.29, 1.82) is 0 Å². The van der Waals surface area contributed by atoms with Gasteiger partial charge in [0.25, 0.3) is 0 Å². The summed E-state index contributed by atoms with van der Waals surface area (Å²) in [5.41, 5.74) is 1.03. The van der Waals surface area contributed by atoms with E-state index in [0.717, 1.165) is 6.07 Å². The van der Waals surface area contributed by atoms with Gasteiger partial charge in [0.1, 0.15) is 15.9 Å². The van der Waals surface area contributed by atoms with Gasteiger partial charge in [-0.3, -0.25) is 0 Å². The molecule has 0 fully saturated rings. The van der Waals surface area contributed by atoms with E-state index >= 15 is 0 Å². The van der Waals surface area contributed by atoms with Crippen molar-refractivity contribution in [3.8, 4) is 11.3 Å². The van der Waals surface area contributed by atoms with Crippen molar-refractivity contribution in [3.05, 3.63) is 41.7 Å². The quantitative estimate of drug-likeness (QED) is 0.567. The maximum Gasteiger partial charge on any atom is 1.00 e. The summed E-state index contributed by atoms with van der Waals surface area (Å²) >= 11 is 0. The molecular formula is C12H9NaO6S. The van der Waals surface area contributed by atoms with Crippen LogP contribution in [0.5, 0.6) is 0 Å². The zero-order chi connectivity index (χ0) is 14.2. The predicted octanol–water partition coefficient (Wildman–Crippen LogP) is -1.14. The summed E-state index contributed by atoms with van der Waals surface area (Å²) < 4.78 is 37.7. The number of benzene rings is 1. The van der Waals surface area contributed by atoms with Gasteiger partial charge in [-0.1, -0.05) is 0 Å². The van der Waals surface area contributed by atoms with Crippen LogP contribution in [-0.2, 0) is 10.1 Å². The van der Waals surface area contributed by atoms with Gasteiger partial charge < -0.3 is 14.1 Å². The summed E-state index contributed by atoms with van der Waals surface area (Å²) in [6.45, 7) is 1.60. The molecule has 0 aliphatic heterocycles. The van der Waals surface area contributed by atoms with E-state index in [2.05, 4.69) is 0 Å². The third kappa shape index (κ3) is 3.50. The van der Waals surface area contributed by atoms with Crippen LogP contribution < -0.4 is 29.6 Å². The summed E-state index contributed by atoms with van der Waals surface area (Å²) in [5.74, 6) is -1.11. The first-order chi connectivity index (χ1) is 8.79. The average Bonchev–Trinajstić information content (AvgIpc) is 2.76. The summed E-state index contributed by atoms with van der Waals surface area (Å²) in [4.78, 5) is 10.4. The monoisotopic (exact) mass is 304 g/mol. The molecule has 0 bridgehead atoms. The fourth-order valence-corrected chi connectivity index (χ4v) is 2.22. The number of aryl methyl sites for hydroxylation is 1. The maximum absolute atomic E-state index is 10.9. The minimum Gasteiger partial charge on any atom is -0.744 e. The molecule has 0 atom stereocenters. The number of carbonyl (C=O) groups is 1. The first kappa shape index (κ1) is 16.9. The number of aromatic carboxylic acids is 1. The Morgan fingerprint density at radius 2 is 1.90 bits per heavy atom. The second kappa shape index (κ2) is 6.11. The Bertz CT molecular complexity index is 747. The third-order valence-corrected chi connectivity index (χ3v) is 3.40. The van der Waals surface area contributed by atoms with Crippen LogP contribution in [0.15, 0.2) is 39.6 Å². The molecule has 100 valence electrons. The van der Waals surface area contributed by atoms with Gasteiger partial charge in [-0.2, -0.15) is 0 Å². The number of rotatable bonds is 3. The molecule has 1 heterocycles. The Morgan fingerprint density at radius 3 is 2.35 bits per heavy atom. The summed E-state index contributed by atoms with van der Waals surface area (Å²) in [5, 5.41) is 8.75. The average molecular weight is 304 g/mol. The minimum atomic E-state index is -4.51. The zero-order valence-corrected chi connectivity index (χ0v) is 13.6. The van der Waals surface area contributed by atoms with Crippen molar-refractivity contribution in [3.63, 3.8) is 0 Å². The first-order valence-electron chi connectivity index (χ1n) is 5.19. The molecule has 2 aromatic rings. The van der Waals surface area contributed by atoms with Gasteiger partial charge >= 0.3 is 35.5 Å². The topological polar surface area (TPSA) is 108 Å². The van der Waals surface area contributed by atoms with Gasteiger partial charge in [-0.15, -0.1) is 0 Å². The van der Waals surface area contributed by atoms with Gasteiger partial charge in [0.05, 0.1) is 4.90 Å². The molecule has 1 N–H and O–H groups in total. The van der Waals surface area contributed by atoms with Gasteiger partial charge in [0.15, 0.2) is 0 Å². The van der Waals surface area contributed by atoms with E-state index < -0.39 is 16.1 Å². The molecule has 6 nitrogen and oxygen atoms in total. The molecule has 0 aliphatic rings. The van der Waals surface area contributed by atoms with Crippen molar-refractivity contribution in [2.24, 2.45) is 0 Å². The Morgan fingerprint density at radius 1 is 1.25 bits per heavy atom. The van der Waals surface area contributed by atoms with Gasteiger partial charge in [0.2, 0.25) is 5.76 Å². The normalized spacial score (nSPS) is 10.9. The zero-order valence-electron chi connectivity index (χ0n) is 10.8.